The predicted octanol–water partition coefficient (Wildman–Crippen LogP) is 2.27. The van der Waals surface area contributed by atoms with E-state index in [-0.39, 0.29) is 0 Å². The first-order valence-electron chi connectivity index (χ1n) is 6.94. The monoisotopic (exact) mass is 247 g/mol. The zero-order valence-electron chi connectivity index (χ0n) is 11.2. The smallest absolute Gasteiger partial charge is 0.126 e. The summed E-state index contributed by atoms with van der Waals surface area (Å²) < 4.78 is 11.7. The largest absolute Gasteiger partial charge is 0.493 e. The van der Waals surface area contributed by atoms with Crippen molar-refractivity contribution in [2.75, 3.05) is 26.8 Å². The van der Waals surface area contributed by atoms with E-state index in [0.717, 1.165) is 50.5 Å². The van der Waals surface area contributed by atoms with Crippen LogP contribution in [0.3, 0.4) is 0 Å². The molecular weight excluding hydrogens is 226 g/mol. The van der Waals surface area contributed by atoms with Gasteiger partial charge in [0, 0.05) is 42.0 Å². The Morgan fingerprint density at radius 2 is 2.11 bits per heavy atom. The van der Waals surface area contributed by atoms with Crippen molar-refractivity contribution < 1.29 is 9.47 Å². The van der Waals surface area contributed by atoms with Gasteiger partial charge in [0.05, 0.1) is 13.2 Å². The van der Waals surface area contributed by atoms with E-state index < -0.39 is 0 Å². The highest BCUT2D eigenvalue weighted by Crippen LogP contribution is 2.44. The summed E-state index contributed by atoms with van der Waals surface area (Å²) in [7, 11) is 2.02. The average Bonchev–Trinajstić information content (AvgIpc) is 3.01. The molecule has 0 radical (unpaired) electrons. The number of likely N-dealkylation sites (N-methyl/N-ethyl adjacent to an activating group) is 1. The third kappa shape index (κ3) is 1.77. The molecule has 3 rings (SSSR count). The Balaban J connectivity index is 2.11. The molecule has 3 heteroatoms. The SMILES string of the molecule is CCC(CNC)c1c2c(cc3c1OCC3)OCC2. The van der Waals surface area contributed by atoms with E-state index in [0.29, 0.717) is 5.92 Å². The Kier molecular flexibility index (Phi) is 3.16. The normalized spacial score (nSPS) is 17.9. The van der Waals surface area contributed by atoms with E-state index in [4.69, 9.17) is 9.47 Å². The number of nitrogens with one attached hydrogen (secondary N) is 1. The number of rotatable bonds is 4. The number of benzene rings is 1. The molecule has 2 aliphatic rings. The van der Waals surface area contributed by atoms with Gasteiger partial charge in [-0.25, -0.2) is 0 Å². The van der Waals surface area contributed by atoms with E-state index in [1.807, 2.05) is 7.05 Å². The maximum Gasteiger partial charge on any atom is 0.126 e. The first kappa shape index (κ1) is 11.8. The van der Waals surface area contributed by atoms with Gasteiger partial charge in [0.15, 0.2) is 0 Å². The minimum atomic E-state index is 0.526. The summed E-state index contributed by atoms with van der Waals surface area (Å²) in [6, 6.07) is 2.19. The zero-order chi connectivity index (χ0) is 12.5. The summed E-state index contributed by atoms with van der Waals surface area (Å²) in [5, 5.41) is 3.30. The van der Waals surface area contributed by atoms with Crippen LogP contribution in [0.15, 0.2) is 6.07 Å². The Morgan fingerprint density at radius 3 is 2.89 bits per heavy atom. The second kappa shape index (κ2) is 4.81. The van der Waals surface area contributed by atoms with Crippen LogP contribution >= 0.6 is 0 Å². The molecular formula is C15H21NO2. The number of ether oxygens (including phenoxy) is 2. The fraction of sp³-hybridized carbons (Fsp3) is 0.600. The molecule has 1 atom stereocenters. The van der Waals surface area contributed by atoms with Crippen molar-refractivity contribution in [3.8, 4) is 11.5 Å². The van der Waals surface area contributed by atoms with Crippen LogP contribution in [0.4, 0.5) is 0 Å². The highest BCUT2D eigenvalue weighted by atomic mass is 16.5. The van der Waals surface area contributed by atoms with Crippen molar-refractivity contribution in [2.45, 2.75) is 32.1 Å². The summed E-state index contributed by atoms with van der Waals surface area (Å²) in [6.45, 7) is 4.89. The molecule has 0 amide bonds. The van der Waals surface area contributed by atoms with Crippen molar-refractivity contribution >= 4 is 0 Å². The van der Waals surface area contributed by atoms with Crippen molar-refractivity contribution in [1.82, 2.24) is 5.32 Å². The molecule has 18 heavy (non-hydrogen) atoms. The lowest BCUT2D eigenvalue weighted by molar-refractivity contribution is 0.349. The molecule has 0 aromatic heterocycles. The predicted molar refractivity (Wildman–Crippen MR) is 71.8 cm³/mol. The van der Waals surface area contributed by atoms with Crippen LogP contribution in [0.25, 0.3) is 0 Å². The number of hydrogen-bond acceptors (Lipinski definition) is 3. The van der Waals surface area contributed by atoms with E-state index in [9.17, 15) is 0 Å². The molecule has 1 unspecified atom stereocenters. The summed E-state index contributed by atoms with van der Waals surface area (Å²) in [5.74, 6) is 2.78. The minimum Gasteiger partial charge on any atom is -0.493 e. The van der Waals surface area contributed by atoms with Gasteiger partial charge in [-0.1, -0.05) is 6.92 Å². The van der Waals surface area contributed by atoms with Gasteiger partial charge in [-0.3, -0.25) is 0 Å². The van der Waals surface area contributed by atoms with Gasteiger partial charge in [0.2, 0.25) is 0 Å². The molecule has 1 aromatic rings. The molecule has 0 bridgehead atoms. The maximum absolute atomic E-state index is 5.90. The van der Waals surface area contributed by atoms with Crippen LogP contribution in [0.2, 0.25) is 0 Å². The van der Waals surface area contributed by atoms with Gasteiger partial charge in [-0.05, 0) is 19.5 Å². The lowest BCUT2D eigenvalue weighted by Gasteiger charge is -2.21. The van der Waals surface area contributed by atoms with Crippen LogP contribution in [-0.4, -0.2) is 26.8 Å². The highest BCUT2D eigenvalue weighted by molar-refractivity contribution is 5.58. The van der Waals surface area contributed by atoms with Crippen molar-refractivity contribution in [3.63, 3.8) is 0 Å². The number of fused-ring (bicyclic) bond motifs is 2. The minimum absolute atomic E-state index is 0.526. The van der Waals surface area contributed by atoms with E-state index in [2.05, 4.69) is 18.3 Å². The van der Waals surface area contributed by atoms with E-state index in [1.54, 1.807) is 0 Å². The van der Waals surface area contributed by atoms with Crippen LogP contribution < -0.4 is 14.8 Å². The van der Waals surface area contributed by atoms with Gasteiger partial charge < -0.3 is 14.8 Å². The molecule has 2 heterocycles. The van der Waals surface area contributed by atoms with Gasteiger partial charge in [-0.2, -0.15) is 0 Å². The molecule has 0 fully saturated rings. The zero-order valence-corrected chi connectivity index (χ0v) is 11.2. The van der Waals surface area contributed by atoms with Crippen LogP contribution in [-0.2, 0) is 12.8 Å². The standard InChI is InChI=1S/C15H21NO2/c1-3-10(9-16-2)14-12-5-7-17-13(12)8-11-4-6-18-15(11)14/h8,10,16H,3-7,9H2,1-2H3. The summed E-state index contributed by atoms with van der Waals surface area (Å²) >= 11 is 0. The first-order valence-corrected chi connectivity index (χ1v) is 6.94. The lowest BCUT2D eigenvalue weighted by atomic mass is 9.88. The molecule has 1 aromatic carbocycles. The summed E-state index contributed by atoms with van der Waals surface area (Å²) in [5.41, 5.74) is 4.13. The molecule has 2 aliphatic heterocycles. The fourth-order valence-electron chi connectivity index (χ4n) is 3.15. The van der Waals surface area contributed by atoms with Gasteiger partial charge in [0.25, 0.3) is 0 Å². The highest BCUT2D eigenvalue weighted by Gasteiger charge is 2.29. The molecule has 0 aliphatic carbocycles. The Labute approximate surface area is 108 Å². The summed E-state index contributed by atoms with van der Waals surface area (Å²) in [6.07, 6.45) is 3.18. The molecule has 1 N–H and O–H groups in total. The Morgan fingerprint density at radius 1 is 1.28 bits per heavy atom. The van der Waals surface area contributed by atoms with Crippen molar-refractivity contribution in [3.05, 3.63) is 22.8 Å². The van der Waals surface area contributed by atoms with Gasteiger partial charge >= 0.3 is 0 Å². The third-order valence-corrected chi connectivity index (χ3v) is 4.04. The summed E-state index contributed by atoms with van der Waals surface area (Å²) in [4.78, 5) is 0. The second-order valence-electron chi connectivity index (χ2n) is 5.11. The molecule has 0 saturated heterocycles. The second-order valence-corrected chi connectivity index (χ2v) is 5.11. The third-order valence-electron chi connectivity index (χ3n) is 4.04. The van der Waals surface area contributed by atoms with Crippen LogP contribution in [0.1, 0.15) is 36.0 Å². The van der Waals surface area contributed by atoms with E-state index >= 15 is 0 Å². The van der Waals surface area contributed by atoms with Gasteiger partial charge in [-0.15, -0.1) is 0 Å². The van der Waals surface area contributed by atoms with Gasteiger partial charge in [0.1, 0.15) is 11.5 Å². The molecule has 98 valence electrons. The van der Waals surface area contributed by atoms with E-state index in [1.165, 1.54) is 16.7 Å². The Bertz CT molecular complexity index is 424. The van der Waals surface area contributed by atoms with Crippen molar-refractivity contribution in [2.24, 2.45) is 0 Å². The average molecular weight is 247 g/mol. The van der Waals surface area contributed by atoms with Crippen molar-refractivity contribution in [1.29, 1.82) is 0 Å². The molecule has 0 saturated carbocycles. The lowest BCUT2D eigenvalue weighted by Crippen LogP contribution is -2.18. The van der Waals surface area contributed by atoms with Crippen LogP contribution in [0, 0.1) is 0 Å². The Hall–Kier alpha value is -1.22. The maximum atomic E-state index is 5.90. The number of hydrogen-bond donors (Lipinski definition) is 1. The van der Waals surface area contributed by atoms with Crippen LogP contribution in [0.5, 0.6) is 11.5 Å². The molecule has 0 spiro atoms. The first-order chi connectivity index (χ1) is 8.85. The topological polar surface area (TPSA) is 30.5 Å². The quantitative estimate of drug-likeness (QED) is 0.885. The fourth-order valence-corrected chi connectivity index (χ4v) is 3.15. The molecule has 3 nitrogen and oxygen atoms in total.